The molecule has 1 aliphatic heterocycles. The first kappa shape index (κ1) is 23.7. The zero-order valence-corrected chi connectivity index (χ0v) is 19.8. The van der Waals surface area contributed by atoms with Gasteiger partial charge in [0.25, 0.3) is 5.91 Å². The molecule has 1 aliphatic rings. The summed E-state index contributed by atoms with van der Waals surface area (Å²) in [6.45, 7) is 6.87. The Morgan fingerprint density at radius 2 is 1.94 bits per heavy atom. The molecule has 2 aromatic carbocycles. The normalized spacial score (nSPS) is 16.8. The van der Waals surface area contributed by atoms with Crippen LogP contribution in [0.25, 0.3) is 10.9 Å². The molecule has 0 bridgehead atoms. The molecular weight excluding hydrogens is 430 g/mol. The lowest BCUT2D eigenvalue weighted by Gasteiger charge is -2.27. The van der Waals surface area contributed by atoms with Crippen LogP contribution in [0.3, 0.4) is 0 Å². The first-order valence-electron chi connectivity index (χ1n) is 11.7. The Bertz CT molecular complexity index is 1180. The Labute approximate surface area is 199 Å². The molecule has 2 heterocycles. The van der Waals surface area contributed by atoms with Gasteiger partial charge < -0.3 is 9.64 Å². The smallest absolute Gasteiger partial charge is 0.266 e. The Morgan fingerprint density at radius 1 is 1.21 bits per heavy atom. The van der Waals surface area contributed by atoms with E-state index < -0.39 is 11.9 Å². The summed E-state index contributed by atoms with van der Waals surface area (Å²) in [4.78, 5) is 31.5. The highest BCUT2D eigenvalue weighted by molar-refractivity contribution is 5.91. The molecule has 178 valence electrons. The molecule has 0 saturated carbocycles. The van der Waals surface area contributed by atoms with Crippen molar-refractivity contribution in [2.24, 2.45) is 5.92 Å². The number of likely N-dealkylation sites (tertiary alicyclic amines) is 1. The number of aromatic nitrogens is 1. The molecule has 2 atom stereocenters. The number of nitrogens with zero attached hydrogens (tertiary/aromatic N) is 2. The van der Waals surface area contributed by atoms with Crippen LogP contribution in [-0.4, -0.2) is 39.5 Å². The summed E-state index contributed by atoms with van der Waals surface area (Å²) in [6.07, 6.45) is 1.13. The first-order chi connectivity index (χ1) is 16.4. The van der Waals surface area contributed by atoms with Crippen LogP contribution >= 0.6 is 0 Å². The van der Waals surface area contributed by atoms with Crippen molar-refractivity contribution in [2.45, 2.75) is 52.2 Å². The number of amides is 2. The number of rotatable bonds is 8. The van der Waals surface area contributed by atoms with E-state index in [1.165, 1.54) is 0 Å². The van der Waals surface area contributed by atoms with Gasteiger partial charge in [0, 0.05) is 23.2 Å². The van der Waals surface area contributed by atoms with Gasteiger partial charge in [-0.15, -0.1) is 0 Å². The maximum atomic E-state index is 13.1. The Balaban J connectivity index is 1.44. The summed E-state index contributed by atoms with van der Waals surface area (Å²) in [6, 6.07) is 17.0. The second-order valence-electron chi connectivity index (χ2n) is 9.29. The number of ether oxygens (including phenoxy) is 1. The van der Waals surface area contributed by atoms with Crippen molar-refractivity contribution in [3.8, 4) is 5.75 Å². The molecule has 2 amide bonds. The molecule has 1 saturated heterocycles. The summed E-state index contributed by atoms with van der Waals surface area (Å²) in [7, 11) is 0. The van der Waals surface area contributed by atoms with Crippen molar-refractivity contribution >= 4 is 22.7 Å². The van der Waals surface area contributed by atoms with Gasteiger partial charge in [0.2, 0.25) is 5.91 Å². The van der Waals surface area contributed by atoms with E-state index in [-0.39, 0.29) is 17.7 Å². The highest BCUT2D eigenvalue weighted by Crippen LogP contribution is 2.32. The van der Waals surface area contributed by atoms with Crippen molar-refractivity contribution in [2.75, 3.05) is 6.54 Å². The summed E-state index contributed by atoms with van der Waals surface area (Å²) in [5.74, 6) is 0.0165. The van der Waals surface area contributed by atoms with E-state index in [9.17, 15) is 9.59 Å². The molecule has 0 aliphatic carbocycles. The quantitative estimate of drug-likeness (QED) is 0.384. The average molecular weight is 462 g/mol. The van der Waals surface area contributed by atoms with E-state index in [2.05, 4.69) is 4.98 Å². The van der Waals surface area contributed by atoms with E-state index in [1.807, 2.05) is 75.4 Å². The van der Waals surface area contributed by atoms with Gasteiger partial charge in [-0.05, 0) is 55.5 Å². The van der Waals surface area contributed by atoms with Gasteiger partial charge in [0.15, 0.2) is 0 Å². The Kier molecular flexibility index (Phi) is 7.12. The van der Waals surface area contributed by atoms with Gasteiger partial charge in [-0.1, -0.05) is 44.2 Å². The van der Waals surface area contributed by atoms with Gasteiger partial charge in [0.1, 0.15) is 18.4 Å². The minimum atomic E-state index is -0.663. The van der Waals surface area contributed by atoms with Crippen LogP contribution in [0, 0.1) is 12.8 Å². The predicted molar refractivity (Wildman–Crippen MR) is 129 cm³/mol. The van der Waals surface area contributed by atoms with E-state index in [0.717, 1.165) is 33.5 Å². The van der Waals surface area contributed by atoms with E-state index in [1.54, 1.807) is 10.4 Å². The second kappa shape index (κ2) is 10.2. The maximum Gasteiger partial charge on any atom is 0.266 e. The number of hydrogen-bond donors (Lipinski definition) is 2. The van der Waals surface area contributed by atoms with Gasteiger partial charge in [-0.3, -0.25) is 19.8 Å². The fraction of sp³-hybridized carbons (Fsp3) is 0.370. The average Bonchev–Trinajstić information content (AvgIpc) is 3.21. The minimum Gasteiger partial charge on any atom is -0.489 e. The third kappa shape index (κ3) is 5.04. The largest absolute Gasteiger partial charge is 0.489 e. The molecule has 34 heavy (non-hydrogen) atoms. The zero-order chi connectivity index (χ0) is 24.2. The van der Waals surface area contributed by atoms with Crippen LogP contribution < -0.4 is 10.2 Å². The van der Waals surface area contributed by atoms with Gasteiger partial charge in [-0.25, -0.2) is 5.48 Å². The van der Waals surface area contributed by atoms with E-state index in [4.69, 9.17) is 9.94 Å². The van der Waals surface area contributed by atoms with Crippen LogP contribution in [0.5, 0.6) is 5.75 Å². The molecule has 1 fully saturated rings. The van der Waals surface area contributed by atoms with E-state index in [0.29, 0.717) is 26.0 Å². The number of pyridine rings is 1. The number of benzene rings is 2. The van der Waals surface area contributed by atoms with Crippen LogP contribution in [0.4, 0.5) is 0 Å². The Morgan fingerprint density at radius 3 is 2.65 bits per heavy atom. The molecule has 2 unspecified atom stereocenters. The summed E-state index contributed by atoms with van der Waals surface area (Å²) >= 11 is 0. The van der Waals surface area contributed by atoms with Crippen molar-refractivity contribution < 1.29 is 19.5 Å². The lowest BCUT2D eigenvalue weighted by Crippen LogP contribution is -2.47. The Hall–Kier alpha value is -3.45. The number of hydrogen-bond acceptors (Lipinski definition) is 5. The van der Waals surface area contributed by atoms with Crippen LogP contribution in [0.1, 0.15) is 49.4 Å². The molecule has 7 heteroatoms. The highest BCUT2D eigenvalue weighted by atomic mass is 16.5. The second-order valence-corrected chi connectivity index (χ2v) is 9.29. The molecule has 0 spiro atoms. The van der Waals surface area contributed by atoms with Crippen molar-refractivity contribution in [3.05, 3.63) is 71.4 Å². The highest BCUT2D eigenvalue weighted by Gasteiger charge is 2.39. The van der Waals surface area contributed by atoms with Crippen molar-refractivity contribution in [3.63, 3.8) is 0 Å². The lowest BCUT2D eigenvalue weighted by molar-refractivity contribution is -0.143. The van der Waals surface area contributed by atoms with Gasteiger partial charge >= 0.3 is 0 Å². The maximum absolute atomic E-state index is 13.1. The van der Waals surface area contributed by atoms with Gasteiger partial charge in [-0.2, -0.15) is 0 Å². The monoisotopic (exact) mass is 461 g/mol. The third-order valence-corrected chi connectivity index (χ3v) is 6.33. The third-order valence-electron chi connectivity index (χ3n) is 6.33. The SMILES string of the molecule is Cc1cc(COc2ccc(C3CCN(C(CC(C)C)C(=O)NO)C3=O)cc2)c2ccccc2n1. The number of nitrogens with one attached hydrogen (secondary N) is 1. The molecule has 1 aromatic heterocycles. The van der Waals surface area contributed by atoms with Crippen LogP contribution in [0.2, 0.25) is 0 Å². The summed E-state index contributed by atoms with van der Waals surface area (Å²) in [5, 5.41) is 10.2. The van der Waals surface area contributed by atoms with Crippen LogP contribution in [0.15, 0.2) is 54.6 Å². The number of aryl methyl sites for hydroxylation is 1. The summed E-state index contributed by atoms with van der Waals surface area (Å²) < 4.78 is 6.04. The number of fused-ring (bicyclic) bond motifs is 1. The van der Waals surface area contributed by atoms with Gasteiger partial charge in [0.05, 0.1) is 11.4 Å². The predicted octanol–water partition coefficient (Wildman–Crippen LogP) is 4.36. The van der Waals surface area contributed by atoms with Crippen molar-refractivity contribution in [1.82, 2.24) is 15.4 Å². The zero-order valence-electron chi connectivity index (χ0n) is 19.8. The molecule has 2 N–H and O–H groups in total. The molecule has 4 rings (SSSR count). The number of carbonyl (C=O) groups is 2. The fourth-order valence-corrected chi connectivity index (χ4v) is 4.69. The first-order valence-corrected chi connectivity index (χ1v) is 11.7. The molecule has 7 nitrogen and oxygen atoms in total. The summed E-state index contributed by atoms with van der Waals surface area (Å²) in [5.41, 5.74) is 5.59. The van der Waals surface area contributed by atoms with Crippen molar-refractivity contribution in [1.29, 1.82) is 0 Å². The van der Waals surface area contributed by atoms with E-state index >= 15 is 0 Å². The number of hydroxylamine groups is 1. The topological polar surface area (TPSA) is 91.8 Å². The standard InChI is InChI=1S/C27H31N3O4/c1-17(2)14-25(26(31)29-33)30-13-12-23(27(30)32)19-8-10-21(11-9-19)34-16-20-15-18(3)28-24-7-5-4-6-22(20)24/h4-11,15,17,23,25,33H,12-14,16H2,1-3H3,(H,29,31). The van der Waals surface area contributed by atoms with Crippen LogP contribution in [-0.2, 0) is 16.2 Å². The molecule has 3 aromatic rings. The lowest BCUT2D eigenvalue weighted by atomic mass is 9.97. The number of para-hydroxylation sites is 1. The minimum absolute atomic E-state index is 0.0818. The molecule has 0 radical (unpaired) electrons. The fourth-order valence-electron chi connectivity index (χ4n) is 4.69. The number of carbonyl (C=O) groups excluding carboxylic acids is 2. The molecular formula is C27H31N3O4.